The third kappa shape index (κ3) is 3.94. The van der Waals surface area contributed by atoms with Gasteiger partial charge in [0.25, 0.3) is 5.91 Å². The largest absolute Gasteiger partial charge is 0.382 e. The lowest BCUT2D eigenvalue weighted by Gasteiger charge is -2.18. The lowest BCUT2D eigenvalue weighted by Crippen LogP contribution is -2.39. The zero-order chi connectivity index (χ0) is 15.4. The zero-order valence-electron chi connectivity index (χ0n) is 11.5. The van der Waals surface area contributed by atoms with Crippen LogP contribution >= 0.6 is 11.6 Å². The Bertz CT molecular complexity index is 569. The van der Waals surface area contributed by atoms with Gasteiger partial charge in [-0.25, -0.2) is 15.0 Å². The molecule has 2 rings (SSSR count). The topological polar surface area (TPSA) is 145 Å². The van der Waals surface area contributed by atoms with Gasteiger partial charge in [0.1, 0.15) is 0 Å². The summed E-state index contributed by atoms with van der Waals surface area (Å²) >= 11 is 5.73. The van der Waals surface area contributed by atoms with Crippen LogP contribution in [0.4, 0.5) is 11.6 Å². The van der Waals surface area contributed by atoms with E-state index in [-0.39, 0.29) is 34.5 Å². The number of hydrogen-bond acceptors (Lipinski definition) is 6. The lowest BCUT2D eigenvalue weighted by molar-refractivity contribution is 0.0972. The molecule has 7 N–H and O–H groups in total. The predicted octanol–water partition coefficient (Wildman–Crippen LogP) is 0.672. The number of nitrogens with two attached hydrogens (primary N) is 3. The highest BCUT2D eigenvalue weighted by Gasteiger charge is 2.18. The van der Waals surface area contributed by atoms with Gasteiger partial charge in [-0.15, -0.1) is 0 Å². The number of carbonyl (C=O) groups is 1. The number of anilines is 2. The first-order chi connectivity index (χ1) is 9.97. The fraction of sp³-hybridized carbons (Fsp3) is 0.500. The molecule has 0 bridgehead atoms. The Hall–Kier alpha value is -2.09. The standard InChI is InChI=1S/C12H18ClN7O/c13-8-10(15)19-9(14)7(18-8)11(21)20-12(16)17-6-4-2-1-3-5-6/h6H,1-5H2,(H4,14,15,19)(H3,16,17,20,21). The first-order valence-electron chi connectivity index (χ1n) is 6.70. The van der Waals surface area contributed by atoms with Gasteiger partial charge in [0.2, 0.25) is 0 Å². The molecule has 21 heavy (non-hydrogen) atoms. The summed E-state index contributed by atoms with van der Waals surface area (Å²) in [6.45, 7) is 0. The molecule has 1 aromatic rings. The average Bonchev–Trinajstić information content (AvgIpc) is 2.43. The highest BCUT2D eigenvalue weighted by atomic mass is 35.5. The number of carbonyl (C=O) groups excluding carboxylic acids is 1. The zero-order valence-corrected chi connectivity index (χ0v) is 12.2. The monoisotopic (exact) mass is 311 g/mol. The van der Waals surface area contributed by atoms with Crippen LogP contribution in [0.25, 0.3) is 0 Å². The molecule has 0 aromatic carbocycles. The van der Waals surface area contributed by atoms with Crippen molar-refractivity contribution in [1.82, 2.24) is 15.3 Å². The molecule has 0 radical (unpaired) electrons. The van der Waals surface area contributed by atoms with Gasteiger partial charge in [-0.05, 0) is 12.8 Å². The number of halogens is 1. The molecule has 1 aliphatic rings. The molecule has 0 aliphatic heterocycles. The Morgan fingerprint density at radius 1 is 1.19 bits per heavy atom. The molecular formula is C12H18ClN7O. The molecule has 1 saturated carbocycles. The first kappa shape index (κ1) is 15.3. The van der Waals surface area contributed by atoms with Crippen LogP contribution in [-0.2, 0) is 0 Å². The Balaban J connectivity index is 2.07. The van der Waals surface area contributed by atoms with Crippen LogP contribution in [0.3, 0.4) is 0 Å². The Morgan fingerprint density at radius 3 is 2.52 bits per heavy atom. The van der Waals surface area contributed by atoms with Crippen molar-refractivity contribution < 1.29 is 4.79 Å². The second-order valence-corrected chi connectivity index (χ2v) is 5.25. The van der Waals surface area contributed by atoms with Crippen LogP contribution < -0.4 is 22.5 Å². The molecule has 0 saturated heterocycles. The van der Waals surface area contributed by atoms with Crippen molar-refractivity contribution in [3.8, 4) is 0 Å². The summed E-state index contributed by atoms with van der Waals surface area (Å²) in [7, 11) is 0. The van der Waals surface area contributed by atoms with Gasteiger partial charge in [0.05, 0.1) is 6.04 Å². The van der Waals surface area contributed by atoms with E-state index in [1.165, 1.54) is 6.42 Å². The normalized spacial score (nSPS) is 16.7. The molecule has 8 nitrogen and oxygen atoms in total. The van der Waals surface area contributed by atoms with Crippen molar-refractivity contribution in [3.05, 3.63) is 10.8 Å². The number of amides is 1. The van der Waals surface area contributed by atoms with E-state index in [0.29, 0.717) is 0 Å². The molecule has 1 fully saturated rings. The van der Waals surface area contributed by atoms with E-state index in [9.17, 15) is 4.79 Å². The van der Waals surface area contributed by atoms with Gasteiger partial charge in [0, 0.05) is 0 Å². The summed E-state index contributed by atoms with van der Waals surface area (Å²) < 4.78 is 0. The molecule has 114 valence electrons. The number of nitrogens with zero attached hydrogens (tertiary/aromatic N) is 3. The summed E-state index contributed by atoms with van der Waals surface area (Å²) in [5.74, 6) is -0.713. The van der Waals surface area contributed by atoms with E-state index in [0.717, 1.165) is 25.7 Å². The van der Waals surface area contributed by atoms with Crippen LogP contribution in [0.1, 0.15) is 42.6 Å². The van der Waals surface area contributed by atoms with Crippen LogP contribution in [0.5, 0.6) is 0 Å². The number of aromatic nitrogens is 2. The lowest BCUT2D eigenvalue weighted by atomic mass is 9.96. The fourth-order valence-corrected chi connectivity index (χ4v) is 2.35. The van der Waals surface area contributed by atoms with E-state index < -0.39 is 5.91 Å². The summed E-state index contributed by atoms with van der Waals surface area (Å²) in [4.78, 5) is 23.9. The molecule has 9 heteroatoms. The molecular weight excluding hydrogens is 294 g/mol. The summed E-state index contributed by atoms with van der Waals surface area (Å²) in [5, 5.41) is 2.35. The first-order valence-corrected chi connectivity index (χ1v) is 7.08. The summed E-state index contributed by atoms with van der Waals surface area (Å²) in [6.07, 6.45) is 5.43. The molecule has 0 unspecified atom stereocenters. The maximum absolute atomic E-state index is 12.0. The minimum absolute atomic E-state index is 0.0328. The number of rotatable bonds is 2. The van der Waals surface area contributed by atoms with Gasteiger partial charge in [0.15, 0.2) is 28.4 Å². The molecule has 0 spiro atoms. The van der Waals surface area contributed by atoms with Gasteiger partial charge in [-0.1, -0.05) is 30.9 Å². The fourth-order valence-electron chi connectivity index (χ4n) is 2.22. The van der Waals surface area contributed by atoms with E-state index >= 15 is 0 Å². The van der Waals surface area contributed by atoms with Gasteiger partial charge in [-0.3, -0.25) is 10.1 Å². The number of hydrogen-bond donors (Lipinski definition) is 4. The van der Waals surface area contributed by atoms with Crippen LogP contribution in [0, 0.1) is 0 Å². The third-order valence-corrected chi connectivity index (χ3v) is 3.54. The van der Waals surface area contributed by atoms with Crippen LogP contribution in [0.15, 0.2) is 4.99 Å². The third-order valence-electron chi connectivity index (χ3n) is 3.26. The maximum Gasteiger partial charge on any atom is 0.280 e. The summed E-state index contributed by atoms with van der Waals surface area (Å²) in [5.41, 5.74) is 16.6. The van der Waals surface area contributed by atoms with Crippen molar-refractivity contribution in [1.29, 1.82) is 0 Å². The van der Waals surface area contributed by atoms with E-state index in [1.54, 1.807) is 0 Å². The second-order valence-electron chi connectivity index (χ2n) is 4.89. The Kier molecular flexibility index (Phi) is 4.79. The number of guanidine groups is 1. The van der Waals surface area contributed by atoms with Crippen molar-refractivity contribution in [2.75, 3.05) is 11.5 Å². The number of nitrogen functional groups attached to an aromatic ring is 2. The van der Waals surface area contributed by atoms with E-state index in [1.807, 2.05) is 0 Å². The van der Waals surface area contributed by atoms with Crippen molar-refractivity contribution in [2.24, 2.45) is 10.7 Å². The van der Waals surface area contributed by atoms with Gasteiger partial charge >= 0.3 is 0 Å². The Morgan fingerprint density at radius 2 is 1.86 bits per heavy atom. The Labute approximate surface area is 127 Å². The molecule has 1 aliphatic carbocycles. The maximum atomic E-state index is 12.0. The van der Waals surface area contributed by atoms with E-state index in [4.69, 9.17) is 28.8 Å². The van der Waals surface area contributed by atoms with Crippen LogP contribution in [-0.4, -0.2) is 27.9 Å². The second kappa shape index (κ2) is 6.57. The molecule has 1 amide bonds. The SMILES string of the molecule is NC(=NC1CCCCC1)NC(=O)c1nc(Cl)c(N)nc1N. The van der Waals surface area contributed by atoms with Gasteiger partial charge < -0.3 is 17.2 Å². The quantitative estimate of drug-likeness (QED) is 0.466. The van der Waals surface area contributed by atoms with Crippen molar-refractivity contribution >= 4 is 35.1 Å². The molecule has 1 heterocycles. The average molecular weight is 312 g/mol. The number of aliphatic imine (C=N–C) groups is 1. The predicted molar refractivity (Wildman–Crippen MR) is 81.8 cm³/mol. The van der Waals surface area contributed by atoms with E-state index in [2.05, 4.69) is 20.3 Å². The molecule has 1 aromatic heterocycles. The summed E-state index contributed by atoms with van der Waals surface area (Å²) in [6, 6.07) is 0.150. The smallest absolute Gasteiger partial charge is 0.280 e. The molecule has 0 atom stereocenters. The van der Waals surface area contributed by atoms with Crippen molar-refractivity contribution in [2.45, 2.75) is 38.1 Å². The minimum atomic E-state index is -0.612. The highest BCUT2D eigenvalue weighted by molar-refractivity contribution is 6.31. The number of nitrogens with one attached hydrogen (secondary N) is 1. The highest BCUT2D eigenvalue weighted by Crippen LogP contribution is 2.20. The van der Waals surface area contributed by atoms with Crippen LogP contribution in [0.2, 0.25) is 5.15 Å². The minimum Gasteiger partial charge on any atom is -0.382 e. The van der Waals surface area contributed by atoms with Gasteiger partial charge in [-0.2, -0.15) is 0 Å². The van der Waals surface area contributed by atoms with Crippen molar-refractivity contribution in [3.63, 3.8) is 0 Å².